The second-order valence-corrected chi connectivity index (χ2v) is 5.98. The number of nitrogens with one attached hydrogen (secondary N) is 1. The average molecular weight is 340 g/mol. The van der Waals surface area contributed by atoms with Crippen molar-refractivity contribution < 1.29 is 4.74 Å². The molecule has 0 atom stereocenters. The third kappa shape index (κ3) is 3.92. The van der Waals surface area contributed by atoms with Crippen LogP contribution in [0.2, 0.25) is 0 Å². The summed E-state index contributed by atoms with van der Waals surface area (Å²) in [6.07, 6.45) is 3.71. The SMILES string of the molecule is CCOC1=C/C(=N\c2ccc(N)c(C)c2C)C(N(CC)CC)=CC1=N. The van der Waals surface area contributed by atoms with Crippen LogP contribution in [0, 0.1) is 19.3 Å². The topological polar surface area (TPSA) is 74.7 Å². The van der Waals surface area contributed by atoms with Crippen molar-refractivity contribution in [3.05, 3.63) is 46.9 Å². The zero-order valence-corrected chi connectivity index (χ0v) is 15.8. The van der Waals surface area contributed by atoms with Gasteiger partial charge in [-0.05, 0) is 64.0 Å². The number of nitrogen functional groups attached to an aromatic ring is 1. The van der Waals surface area contributed by atoms with Crippen LogP contribution in [0.15, 0.2) is 40.7 Å². The molecule has 25 heavy (non-hydrogen) atoms. The molecule has 0 saturated carbocycles. The summed E-state index contributed by atoms with van der Waals surface area (Å²) < 4.78 is 5.60. The summed E-state index contributed by atoms with van der Waals surface area (Å²) in [6, 6.07) is 3.83. The fourth-order valence-electron chi connectivity index (χ4n) is 2.82. The van der Waals surface area contributed by atoms with E-state index in [-0.39, 0.29) is 0 Å². The highest BCUT2D eigenvalue weighted by molar-refractivity contribution is 6.22. The second-order valence-electron chi connectivity index (χ2n) is 5.98. The smallest absolute Gasteiger partial charge is 0.146 e. The van der Waals surface area contributed by atoms with E-state index in [0.29, 0.717) is 18.1 Å². The Hall–Kier alpha value is -2.56. The molecule has 0 aliphatic heterocycles. The van der Waals surface area contributed by atoms with Gasteiger partial charge in [0.05, 0.1) is 29.4 Å². The van der Waals surface area contributed by atoms with Gasteiger partial charge in [0.1, 0.15) is 5.76 Å². The molecule has 1 aliphatic carbocycles. The first-order valence-corrected chi connectivity index (χ1v) is 8.77. The third-order valence-electron chi connectivity index (χ3n) is 4.52. The molecule has 1 aromatic carbocycles. The van der Waals surface area contributed by atoms with Crippen LogP contribution >= 0.6 is 0 Å². The van der Waals surface area contributed by atoms with Crippen molar-refractivity contribution in [2.24, 2.45) is 4.99 Å². The molecule has 5 nitrogen and oxygen atoms in total. The van der Waals surface area contributed by atoms with Crippen LogP contribution < -0.4 is 5.73 Å². The van der Waals surface area contributed by atoms with E-state index in [1.54, 1.807) is 0 Å². The molecule has 134 valence electrons. The van der Waals surface area contributed by atoms with Gasteiger partial charge in [-0.3, -0.25) is 5.41 Å². The van der Waals surface area contributed by atoms with Gasteiger partial charge in [0.2, 0.25) is 0 Å². The molecule has 0 spiro atoms. The molecular formula is C20H28N4O. The summed E-state index contributed by atoms with van der Waals surface area (Å²) in [5, 5.41) is 8.23. The highest BCUT2D eigenvalue weighted by Gasteiger charge is 2.21. The van der Waals surface area contributed by atoms with E-state index in [4.69, 9.17) is 20.9 Å². The van der Waals surface area contributed by atoms with Crippen LogP contribution in [0.3, 0.4) is 0 Å². The standard InChI is InChI=1S/C20H28N4O/c1-6-24(7-2)19-11-16(22)20(25-8-3)12-18(19)23-17-10-9-15(21)13(4)14(17)5/h9-12,22H,6-8,21H2,1-5H3/b22-16?,23-18+. The first-order valence-electron chi connectivity index (χ1n) is 8.77. The minimum Gasteiger partial charge on any atom is -0.492 e. The van der Waals surface area contributed by atoms with E-state index < -0.39 is 0 Å². The van der Waals surface area contributed by atoms with E-state index in [0.717, 1.165) is 47.0 Å². The Balaban J connectivity index is 2.57. The molecule has 1 aromatic rings. The molecule has 0 radical (unpaired) electrons. The van der Waals surface area contributed by atoms with E-state index in [1.165, 1.54) is 0 Å². The highest BCUT2D eigenvalue weighted by atomic mass is 16.5. The number of ether oxygens (including phenoxy) is 1. The lowest BCUT2D eigenvalue weighted by atomic mass is 10.0. The zero-order valence-electron chi connectivity index (χ0n) is 15.8. The molecule has 0 unspecified atom stereocenters. The van der Waals surface area contributed by atoms with Crippen molar-refractivity contribution >= 4 is 22.8 Å². The molecular weight excluding hydrogens is 312 g/mol. The molecule has 0 heterocycles. The lowest BCUT2D eigenvalue weighted by Gasteiger charge is -2.27. The van der Waals surface area contributed by atoms with Crippen LogP contribution in [0.1, 0.15) is 31.9 Å². The maximum absolute atomic E-state index is 8.23. The number of nitrogens with zero attached hydrogens (tertiary/aromatic N) is 2. The lowest BCUT2D eigenvalue weighted by molar-refractivity contribution is 0.249. The zero-order chi connectivity index (χ0) is 18.6. The largest absolute Gasteiger partial charge is 0.492 e. The number of hydrogen-bond acceptors (Lipinski definition) is 5. The first kappa shape index (κ1) is 18.8. The molecule has 2 rings (SSSR count). The Morgan fingerprint density at radius 2 is 1.76 bits per heavy atom. The van der Waals surface area contributed by atoms with Crippen molar-refractivity contribution in [3.63, 3.8) is 0 Å². The summed E-state index contributed by atoms with van der Waals surface area (Å²) in [5.74, 6) is 0.557. The summed E-state index contributed by atoms with van der Waals surface area (Å²) in [6.45, 7) is 12.4. The Morgan fingerprint density at radius 1 is 1.08 bits per heavy atom. The Kier molecular flexibility index (Phi) is 6.02. The van der Waals surface area contributed by atoms with Crippen molar-refractivity contribution in [2.75, 3.05) is 25.4 Å². The Labute approximate surface area is 150 Å². The third-order valence-corrected chi connectivity index (χ3v) is 4.52. The summed E-state index contributed by atoms with van der Waals surface area (Å²) in [4.78, 5) is 7.08. The van der Waals surface area contributed by atoms with Gasteiger partial charge in [0, 0.05) is 24.9 Å². The number of aliphatic imine (C=N–C) groups is 1. The van der Waals surface area contributed by atoms with Gasteiger partial charge in [-0.2, -0.15) is 0 Å². The van der Waals surface area contributed by atoms with Gasteiger partial charge in [-0.15, -0.1) is 0 Å². The van der Waals surface area contributed by atoms with Crippen molar-refractivity contribution in [3.8, 4) is 0 Å². The van der Waals surface area contributed by atoms with Crippen LogP contribution in [0.25, 0.3) is 0 Å². The number of anilines is 1. The minimum atomic E-state index is 0.382. The lowest BCUT2D eigenvalue weighted by Crippen LogP contribution is -2.30. The molecule has 0 bridgehead atoms. The van der Waals surface area contributed by atoms with Gasteiger partial charge >= 0.3 is 0 Å². The maximum Gasteiger partial charge on any atom is 0.146 e. The maximum atomic E-state index is 8.23. The quantitative estimate of drug-likeness (QED) is 0.604. The fourth-order valence-corrected chi connectivity index (χ4v) is 2.82. The van der Waals surface area contributed by atoms with Crippen LogP contribution in [0.5, 0.6) is 0 Å². The van der Waals surface area contributed by atoms with Gasteiger partial charge in [-0.25, -0.2) is 4.99 Å². The van der Waals surface area contributed by atoms with E-state index in [1.807, 2.05) is 45.1 Å². The number of allylic oxidation sites excluding steroid dienone is 2. The molecule has 0 saturated heterocycles. The second kappa shape index (κ2) is 8.01. The summed E-state index contributed by atoms with van der Waals surface area (Å²) >= 11 is 0. The highest BCUT2D eigenvalue weighted by Crippen LogP contribution is 2.28. The first-order chi connectivity index (χ1) is 11.9. The van der Waals surface area contributed by atoms with Crippen molar-refractivity contribution in [1.29, 1.82) is 5.41 Å². The Morgan fingerprint density at radius 3 is 2.36 bits per heavy atom. The van der Waals surface area contributed by atoms with Crippen molar-refractivity contribution in [1.82, 2.24) is 4.90 Å². The molecule has 1 aliphatic rings. The van der Waals surface area contributed by atoms with Gasteiger partial charge in [0.15, 0.2) is 0 Å². The molecule has 0 fully saturated rings. The number of nitrogens with two attached hydrogens (primary N) is 1. The summed E-state index contributed by atoms with van der Waals surface area (Å²) in [7, 11) is 0. The van der Waals surface area contributed by atoms with E-state index in [9.17, 15) is 0 Å². The predicted octanol–water partition coefficient (Wildman–Crippen LogP) is 4.14. The fraction of sp³-hybridized carbons (Fsp3) is 0.400. The molecule has 0 amide bonds. The van der Waals surface area contributed by atoms with Gasteiger partial charge in [0.25, 0.3) is 0 Å². The van der Waals surface area contributed by atoms with Crippen molar-refractivity contribution in [2.45, 2.75) is 34.6 Å². The monoisotopic (exact) mass is 340 g/mol. The summed E-state index contributed by atoms with van der Waals surface area (Å²) in [5.41, 5.74) is 11.9. The molecule has 3 N–H and O–H groups in total. The molecule has 5 heteroatoms. The molecule has 0 aromatic heterocycles. The normalized spacial score (nSPS) is 15.9. The number of benzene rings is 1. The van der Waals surface area contributed by atoms with Crippen LogP contribution in [-0.2, 0) is 4.74 Å². The minimum absolute atomic E-state index is 0.382. The van der Waals surface area contributed by atoms with Gasteiger partial charge in [-0.1, -0.05) is 0 Å². The van der Waals surface area contributed by atoms with Crippen LogP contribution in [-0.4, -0.2) is 36.0 Å². The average Bonchev–Trinajstić information content (AvgIpc) is 2.60. The van der Waals surface area contributed by atoms with E-state index >= 15 is 0 Å². The number of hydrogen-bond donors (Lipinski definition) is 2. The van der Waals surface area contributed by atoms with E-state index in [2.05, 4.69) is 18.7 Å². The van der Waals surface area contributed by atoms with Crippen LogP contribution in [0.4, 0.5) is 11.4 Å². The van der Waals surface area contributed by atoms with Gasteiger partial charge < -0.3 is 15.4 Å². The predicted molar refractivity (Wildman–Crippen MR) is 106 cm³/mol. The number of rotatable bonds is 6. The Bertz CT molecular complexity index is 755.